The first-order chi connectivity index (χ1) is 9.09. The Balaban J connectivity index is 2.40. The molecular formula is C15H19FN2O. The van der Waals surface area contributed by atoms with E-state index >= 15 is 0 Å². The minimum Gasteiger partial charge on any atom is -0.507 e. The zero-order chi connectivity index (χ0) is 13.6. The van der Waals surface area contributed by atoms with E-state index in [1.807, 2.05) is 0 Å². The first-order valence-electron chi connectivity index (χ1n) is 6.84. The minimum absolute atomic E-state index is 0.0625. The van der Waals surface area contributed by atoms with Crippen LogP contribution < -0.4 is 5.32 Å². The molecule has 0 amide bonds. The number of fused-ring (bicyclic) bond motifs is 3. The van der Waals surface area contributed by atoms with Gasteiger partial charge in [0, 0.05) is 36.2 Å². The summed E-state index contributed by atoms with van der Waals surface area (Å²) in [7, 11) is 0. The average Bonchev–Trinajstić information content (AvgIpc) is 2.48. The molecule has 4 heteroatoms. The number of rotatable bonds is 1. The summed E-state index contributed by atoms with van der Waals surface area (Å²) in [5.74, 6) is -0.315. The van der Waals surface area contributed by atoms with Crippen LogP contribution >= 0.6 is 0 Å². The largest absolute Gasteiger partial charge is 0.507 e. The molecule has 1 aliphatic heterocycles. The Hall–Kier alpha value is -1.55. The summed E-state index contributed by atoms with van der Waals surface area (Å²) in [5, 5.41) is 14.3. The molecule has 0 radical (unpaired) electrons. The molecule has 102 valence electrons. The fourth-order valence-corrected chi connectivity index (χ4v) is 3.19. The molecule has 19 heavy (non-hydrogen) atoms. The molecule has 0 fully saturated rings. The highest BCUT2D eigenvalue weighted by molar-refractivity contribution is 5.91. The molecule has 3 rings (SSSR count). The van der Waals surface area contributed by atoms with Crippen LogP contribution in [0, 0.1) is 5.82 Å². The van der Waals surface area contributed by atoms with Crippen LogP contribution in [0.25, 0.3) is 10.9 Å². The lowest BCUT2D eigenvalue weighted by Gasteiger charge is -2.14. The second-order valence-electron chi connectivity index (χ2n) is 5.46. The lowest BCUT2D eigenvalue weighted by Crippen LogP contribution is -2.17. The Morgan fingerprint density at radius 3 is 2.74 bits per heavy atom. The van der Waals surface area contributed by atoms with Crippen LogP contribution in [-0.4, -0.2) is 22.8 Å². The number of nitrogens with zero attached hydrogens (tertiary/aromatic N) is 1. The quantitative estimate of drug-likeness (QED) is 0.829. The molecule has 0 bridgehead atoms. The van der Waals surface area contributed by atoms with Crippen LogP contribution in [0.1, 0.15) is 31.1 Å². The topological polar surface area (TPSA) is 37.2 Å². The number of phenols is 1. The molecular weight excluding hydrogens is 243 g/mol. The molecule has 0 aliphatic carbocycles. The monoisotopic (exact) mass is 262 g/mol. The Kier molecular flexibility index (Phi) is 2.97. The van der Waals surface area contributed by atoms with E-state index in [2.05, 4.69) is 23.7 Å². The number of aromatic nitrogens is 1. The molecule has 0 unspecified atom stereocenters. The van der Waals surface area contributed by atoms with Gasteiger partial charge in [-0.1, -0.05) is 0 Å². The first kappa shape index (κ1) is 12.5. The van der Waals surface area contributed by atoms with Crippen molar-refractivity contribution in [2.75, 3.05) is 13.1 Å². The SMILES string of the molecule is CC(C)n1c2c(c3c(O)cc(F)cc31)CCNCC2. The average molecular weight is 262 g/mol. The van der Waals surface area contributed by atoms with Crippen molar-refractivity contribution >= 4 is 10.9 Å². The van der Waals surface area contributed by atoms with Crippen LogP contribution in [0.15, 0.2) is 12.1 Å². The van der Waals surface area contributed by atoms with Crippen molar-refractivity contribution in [3.05, 3.63) is 29.2 Å². The van der Waals surface area contributed by atoms with Gasteiger partial charge < -0.3 is 15.0 Å². The first-order valence-corrected chi connectivity index (χ1v) is 6.84. The molecule has 1 aliphatic rings. The Labute approximate surface area is 112 Å². The molecule has 0 atom stereocenters. The molecule has 0 saturated heterocycles. The van der Waals surface area contributed by atoms with Gasteiger partial charge in [0.25, 0.3) is 0 Å². The summed E-state index contributed by atoms with van der Waals surface area (Å²) in [4.78, 5) is 0. The number of nitrogens with one attached hydrogen (secondary N) is 1. The third-order valence-electron chi connectivity index (χ3n) is 3.87. The van der Waals surface area contributed by atoms with Crippen molar-refractivity contribution in [1.29, 1.82) is 0 Å². The number of hydrogen-bond donors (Lipinski definition) is 2. The summed E-state index contributed by atoms with van der Waals surface area (Å²) >= 11 is 0. The summed E-state index contributed by atoms with van der Waals surface area (Å²) < 4.78 is 15.8. The highest BCUT2D eigenvalue weighted by Crippen LogP contribution is 2.37. The van der Waals surface area contributed by atoms with Crippen LogP contribution in [0.5, 0.6) is 5.75 Å². The van der Waals surface area contributed by atoms with Gasteiger partial charge in [0.2, 0.25) is 0 Å². The second kappa shape index (κ2) is 4.53. The molecule has 0 saturated carbocycles. The van der Waals surface area contributed by atoms with E-state index in [9.17, 15) is 9.50 Å². The van der Waals surface area contributed by atoms with Crippen molar-refractivity contribution in [3.8, 4) is 5.75 Å². The lowest BCUT2D eigenvalue weighted by molar-refractivity contribution is 0.475. The van der Waals surface area contributed by atoms with Gasteiger partial charge in [-0.3, -0.25) is 0 Å². The van der Waals surface area contributed by atoms with Gasteiger partial charge in [0.1, 0.15) is 11.6 Å². The van der Waals surface area contributed by atoms with Crippen LogP contribution in [-0.2, 0) is 12.8 Å². The van der Waals surface area contributed by atoms with Gasteiger partial charge in [-0.2, -0.15) is 0 Å². The van der Waals surface area contributed by atoms with E-state index in [0.29, 0.717) is 0 Å². The summed E-state index contributed by atoms with van der Waals surface area (Å²) in [5.41, 5.74) is 3.22. The van der Waals surface area contributed by atoms with E-state index < -0.39 is 0 Å². The normalized spacial score (nSPS) is 15.8. The highest BCUT2D eigenvalue weighted by Gasteiger charge is 2.22. The highest BCUT2D eigenvalue weighted by atomic mass is 19.1. The van der Waals surface area contributed by atoms with Gasteiger partial charge >= 0.3 is 0 Å². The predicted molar refractivity (Wildman–Crippen MR) is 74.2 cm³/mol. The molecule has 2 N–H and O–H groups in total. The van der Waals surface area contributed by atoms with Gasteiger partial charge in [0.15, 0.2) is 0 Å². The van der Waals surface area contributed by atoms with Crippen molar-refractivity contribution in [2.45, 2.75) is 32.7 Å². The van der Waals surface area contributed by atoms with Gasteiger partial charge in [-0.05, 0) is 38.4 Å². The van der Waals surface area contributed by atoms with Gasteiger partial charge in [-0.15, -0.1) is 0 Å². The fraction of sp³-hybridized carbons (Fsp3) is 0.467. The maximum atomic E-state index is 13.6. The lowest BCUT2D eigenvalue weighted by atomic mass is 10.1. The zero-order valence-corrected chi connectivity index (χ0v) is 11.3. The molecule has 2 aromatic rings. The van der Waals surface area contributed by atoms with Crippen molar-refractivity contribution in [3.63, 3.8) is 0 Å². The third kappa shape index (κ3) is 1.91. The van der Waals surface area contributed by atoms with Crippen molar-refractivity contribution in [1.82, 2.24) is 9.88 Å². The second-order valence-corrected chi connectivity index (χ2v) is 5.46. The summed E-state index contributed by atoms with van der Waals surface area (Å²) in [6.45, 7) is 6.03. The zero-order valence-electron chi connectivity index (χ0n) is 11.3. The van der Waals surface area contributed by atoms with E-state index in [0.717, 1.165) is 36.8 Å². The van der Waals surface area contributed by atoms with Gasteiger partial charge in [-0.25, -0.2) is 4.39 Å². The smallest absolute Gasteiger partial charge is 0.129 e. The van der Waals surface area contributed by atoms with Crippen molar-refractivity contribution < 1.29 is 9.50 Å². The van der Waals surface area contributed by atoms with Crippen LogP contribution in [0.4, 0.5) is 4.39 Å². The fourth-order valence-electron chi connectivity index (χ4n) is 3.19. The Morgan fingerprint density at radius 1 is 1.26 bits per heavy atom. The summed E-state index contributed by atoms with van der Waals surface area (Å²) in [6.07, 6.45) is 1.80. The molecule has 0 spiro atoms. The number of aromatic hydroxyl groups is 1. The molecule has 3 nitrogen and oxygen atoms in total. The number of halogens is 1. The van der Waals surface area contributed by atoms with E-state index in [1.54, 1.807) is 0 Å². The third-order valence-corrected chi connectivity index (χ3v) is 3.87. The van der Waals surface area contributed by atoms with Crippen molar-refractivity contribution in [2.24, 2.45) is 0 Å². The molecule has 1 aromatic heterocycles. The van der Waals surface area contributed by atoms with E-state index in [-0.39, 0.29) is 17.6 Å². The standard InChI is InChI=1S/C15H19FN2O/c1-9(2)18-12-4-6-17-5-3-11(12)15-13(18)7-10(16)8-14(15)19/h7-9,17,19H,3-6H2,1-2H3. The maximum Gasteiger partial charge on any atom is 0.129 e. The predicted octanol–water partition coefficient (Wildman–Crippen LogP) is 2.76. The van der Waals surface area contributed by atoms with Crippen LogP contribution in [0.3, 0.4) is 0 Å². The van der Waals surface area contributed by atoms with Gasteiger partial charge in [0.05, 0.1) is 5.52 Å². The molecule has 2 heterocycles. The Bertz CT molecular complexity index is 631. The summed E-state index contributed by atoms with van der Waals surface area (Å²) in [6, 6.07) is 3.01. The minimum atomic E-state index is -0.377. The van der Waals surface area contributed by atoms with E-state index in [1.165, 1.54) is 23.4 Å². The van der Waals surface area contributed by atoms with Crippen LogP contribution in [0.2, 0.25) is 0 Å². The molecule has 1 aromatic carbocycles. The number of phenolic OH excluding ortho intramolecular Hbond substituents is 1. The number of hydrogen-bond acceptors (Lipinski definition) is 2. The van der Waals surface area contributed by atoms with E-state index in [4.69, 9.17) is 0 Å². The number of benzene rings is 1. The Morgan fingerprint density at radius 2 is 2.00 bits per heavy atom. The maximum absolute atomic E-state index is 13.6.